The summed E-state index contributed by atoms with van der Waals surface area (Å²) in [5.41, 5.74) is 0.614. The molecule has 0 aliphatic carbocycles. The number of hydrogen-bond donors (Lipinski definition) is 1. The van der Waals surface area contributed by atoms with Gasteiger partial charge in [-0.3, -0.25) is 4.90 Å². The van der Waals surface area contributed by atoms with Crippen LogP contribution in [-0.4, -0.2) is 51.6 Å². The van der Waals surface area contributed by atoms with Crippen molar-refractivity contribution in [2.75, 3.05) is 31.6 Å². The van der Waals surface area contributed by atoms with Crippen LogP contribution >= 0.6 is 11.5 Å². The number of β-amino-alcohol motifs (C(OH)–C–C–N with tert-alkyl or cyclic N) is 1. The topological polar surface area (TPSA) is 52.5 Å². The fourth-order valence-electron chi connectivity index (χ4n) is 3.00. The Bertz CT molecular complexity index is 618. The van der Waals surface area contributed by atoms with Gasteiger partial charge in [0, 0.05) is 44.8 Å². The number of aryl methyl sites for hydroxylation is 1. The van der Waals surface area contributed by atoms with E-state index in [0.29, 0.717) is 13.1 Å². The zero-order valence-corrected chi connectivity index (χ0v) is 13.9. The number of likely N-dealkylation sites (N-methyl/N-ethyl adjacent to an activating group) is 1. The van der Waals surface area contributed by atoms with Crippen LogP contribution in [0.4, 0.5) is 5.13 Å². The van der Waals surface area contributed by atoms with E-state index in [2.05, 4.69) is 38.5 Å². The minimum atomic E-state index is -0.677. The highest BCUT2D eigenvalue weighted by Crippen LogP contribution is 2.26. The number of aromatic nitrogens is 2. The second-order valence-corrected chi connectivity index (χ2v) is 6.88. The summed E-state index contributed by atoms with van der Waals surface area (Å²) >= 11 is 1.38. The van der Waals surface area contributed by atoms with E-state index in [4.69, 9.17) is 0 Å². The van der Waals surface area contributed by atoms with Crippen molar-refractivity contribution in [3.05, 3.63) is 41.7 Å². The fraction of sp³-hybridized carbons (Fsp3) is 0.500. The number of aliphatic hydroxyl groups is 1. The summed E-state index contributed by atoms with van der Waals surface area (Å²) in [6.45, 7) is 5.00. The van der Waals surface area contributed by atoms with Gasteiger partial charge in [-0.2, -0.15) is 4.37 Å². The maximum Gasteiger partial charge on any atom is 0.205 e. The number of likely N-dealkylation sites (tertiary alicyclic amines) is 1. The van der Waals surface area contributed by atoms with Crippen molar-refractivity contribution >= 4 is 16.7 Å². The summed E-state index contributed by atoms with van der Waals surface area (Å²) in [4.78, 5) is 8.70. The second kappa shape index (κ2) is 6.32. The molecule has 1 aliphatic heterocycles. The van der Waals surface area contributed by atoms with Gasteiger partial charge in [0.25, 0.3) is 0 Å². The first kappa shape index (κ1) is 15.4. The predicted octanol–water partition coefficient (Wildman–Crippen LogP) is 1.92. The molecule has 0 spiro atoms. The van der Waals surface area contributed by atoms with Crippen molar-refractivity contribution in [1.29, 1.82) is 0 Å². The highest BCUT2D eigenvalue weighted by Gasteiger charge is 2.37. The Balaban J connectivity index is 1.58. The van der Waals surface area contributed by atoms with Gasteiger partial charge < -0.3 is 10.0 Å². The van der Waals surface area contributed by atoms with Crippen molar-refractivity contribution in [1.82, 2.24) is 14.3 Å². The smallest absolute Gasteiger partial charge is 0.205 e. The molecule has 2 aromatic rings. The van der Waals surface area contributed by atoms with Gasteiger partial charge in [-0.05, 0) is 18.9 Å². The molecule has 1 saturated heterocycles. The number of hydrogen-bond acceptors (Lipinski definition) is 6. The Hall–Kier alpha value is -1.50. The molecule has 3 rings (SSSR count). The van der Waals surface area contributed by atoms with Gasteiger partial charge in [-0.25, -0.2) is 4.98 Å². The van der Waals surface area contributed by atoms with Crippen molar-refractivity contribution in [3.63, 3.8) is 0 Å². The Morgan fingerprint density at radius 2 is 2.14 bits per heavy atom. The molecule has 1 unspecified atom stereocenters. The monoisotopic (exact) mass is 318 g/mol. The molecule has 0 bridgehead atoms. The number of anilines is 1. The van der Waals surface area contributed by atoms with Crippen LogP contribution in [0.2, 0.25) is 0 Å². The molecule has 22 heavy (non-hydrogen) atoms. The molecule has 6 heteroatoms. The third kappa shape index (κ3) is 3.63. The van der Waals surface area contributed by atoms with E-state index in [9.17, 15) is 5.11 Å². The average molecular weight is 318 g/mol. The number of benzene rings is 1. The van der Waals surface area contributed by atoms with Gasteiger partial charge in [-0.1, -0.05) is 30.3 Å². The molecule has 1 N–H and O–H groups in total. The minimum absolute atomic E-state index is 0.590. The predicted molar refractivity (Wildman–Crippen MR) is 89.2 cm³/mol. The van der Waals surface area contributed by atoms with Gasteiger partial charge in [0.2, 0.25) is 5.13 Å². The maximum atomic E-state index is 10.9. The van der Waals surface area contributed by atoms with E-state index in [1.165, 1.54) is 17.1 Å². The standard InChI is InChI=1S/C16H22N4OS/c1-13-17-15(22-18-13)19(2)11-16(21)8-9-20(12-16)10-14-6-4-3-5-7-14/h3-7,21H,8-12H2,1-2H3. The SMILES string of the molecule is Cc1nsc(N(C)CC2(O)CCN(Cc3ccccc3)C2)n1. The van der Waals surface area contributed by atoms with E-state index < -0.39 is 5.60 Å². The van der Waals surface area contributed by atoms with Crippen molar-refractivity contribution < 1.29 is 5.11 Å². The minimum Gasteiger partial charge on any atom is -0.387 e. The van der Waals surface area contributed by atoms with E-state index in [1.807, 2.05) is 24.9 Å². The highest BCUT2D eigenvalue weighted by atomic mass is 32.1. The zero-order valence-electron chi connectivity index (χ0n) is 13.1. The first-order valence-corrected chi connectivity index (χ1v) is 8.32. The van der Waals surface area contributed by atoms with Crippen molar-refractivity contribution in [2.45, 2.75) is 25.5 Å². The van der Waals surface area contributed by atoms with E-state index >= 15 is 0 Å². The van der Waals surface area contributed by atoms with Crippen LogP contribution < -0.4 is 4.90 Å². The van der Waals surface area contributed by atoms with Crippen molar-refractivity contribution in [2.24, 2.45) is 0 Å². The Morgan fingerprint density at radius 3 is 2.82 bits per heavy atom. The summed E-state index contributed by atoms with van der Waals surface area (Å²) < 4.78 is 4.20. The van der Waals surface area contributed by atoms with Gasteiger partial charge in [-0.15, -0.1) is 0 Å². The summed E-state index contributed by atoms with van der Waals surface area (Å²) in [6, 6.07) is 10.4. The third-order valence-corrected chi connectivity index (χ3v) is 4.96. The maximum absolute atomic E-state index is 10.9. The Labute approximate surface area is 135 Å². The largest absolute Gasteiger partial charge is 0.387 e. The lowest BCUT2D eigenvalue weighted by Gasteiger charge is -2.28. The molecule has 1 aromatic heterocycles. The molecular formula is C16H22N4OS. The van der Waals surface area contributed by atoms with Gasteiger partial charge in [0.15, 0.2) is 0 Å². The Kier molecular flexibility index (Phi) is 4.42. The molecule has 118 valence electrons. The average Bonchev–Trinajstić information content (AvgIpc) is 3.07. The third-order valence-electron chi connectivity index (χ3n) is 4.04. The van der Waals surface area contributed by atoms with Crippen LogP contribution in [0.25, 0.3) is 0 Å². The first-order valence-electron chi connectivity index (χ1n) is 7.54. The molecular weight excluding hydrogens is 296 g/mol. The number of rotatable bonds is 5. The molecule has 0 saturated carbocycles. The second-order valence-electron chi connectivity index (χ2n) is 6.15. The zero-order chi connectivity index (χ0) is 15.6. The van der Waals surface area contributed by atoms with E-state index in [-0.39, 0.29) is 0 Å². The lowest BCUT2D eigenvalue weighted by atomic mass is 10.0. The van der Waals surface area contributed by atoms with Gasteiger partial charge in [0.05, 0.1) is 5.60 Å². The van der Waals surface area contributed by atoms with Gasteiger partial charge in [0.1, 0.15) is 5.82 Å². The molecule has 5 nitrogen and oxygen atoms in total. The highest BCUT2D eigenvalue weighted by molar-refractivity contribution is 7.09. The normalized spacial score (nSPS) is 22.1. The quantitative estimate of drug-likeness (QED) is 0.913. The summed E-state index contributed by atoms with van der Waals surface area (Å²) in [6.07, 6.45) is 0.794. The van der Waals surface area contributed by atoms with Crippen LogP contribution in [0, 0.1) is 6.92 Å². The van der Waals surface area contributed by atoms with Crippen molar-refractivity contribution in [3.8, 4) is 0 Å². The lowest BCUT2D eigenvalue weighted by molar-refractivity contribution is 0.0562. The van der Waals surface area contributed by atoms with Crippen LogP contribution in [0.3, 0.4) is 0 Å². The molecule has 0 amide bonds. The molecule has 0 radical (unpaired) electrons. The Morgan fingerprint density at radius 1 is 1.36 bits per heavy atom. The lowest BCUT2D eigenvalue weighted by Crippen LogP contribution is -2.43. The molecule has 1 aromatic carbocycles. The van der Waals surface area contributed by atoms with Crippen LogP contribution in [-0.2, 0) is 6.54 Å². The summed E-state index contributed by atoms with van der Waals surface area (Å²) in [5.74, 6) is 0.788. The summed E-state index contributed by atoms with van der Waals surface area (Å²) in [7, 11) is 1.97. The van der Waals surface area contributed by atoms with Crippen LogP contribution in [0.5, 0.6) is 0 Å². The molecule has 1 aliphatic rings. The van der Waals surface area contributed by atoms with Gasteiger partial charge >= 0.3 is 0 Å². The van der Waals surface area contributed by atoms with E-state index in [1.54, 1.807) is 0 Å². The fourth-order valence-corrected chi connectivity index (χ4v) is 3.63. The molecule has 1 atom stereocenters. The number of nitrogens with zero attached hydrogens (tertiary/aromatic N) is 4. The van der Waals surface area contributed by atoms with Crippen LogP contribution in [0.1, 0.15) is 17.8 Å². The summed E-state index contributed by atoms with van der Waals surface area (Å²) in [5, 5.41) is 11.7. The molecule has 1 fully saturated rings. The first-order chi connectivity index (χ1) is 10.5. The van der Waals surface area contributed by atoms with E-state index in [0.717, 1.165) is 30.5 Å². The molecule has 2 heterocycles. The van der Waals surface area contributed by atoms with Crippen LogP contribution in [0.15, 0.2) is 30.3 Å².